The van der Waals surface area contributed by atoms with Crippen LogP contribution in [0.3, 0.4) is 0 Å². The van der Waals surface area contributed by atoms with Crippen LogP contribution in [0.2, 0.25) is 0 Å². The molecule has 1 fully saturated rings. The van der Waals surface area contributed by atoms with Crippen LogP contribution in [0.15, 0.2) is 59.5 Å². The van der Waals surface area contributed by atoms with Gasteiger partial charge in [-0.2, -0.15) is 4.31 Å². The zero-order valence-corrected chi connectivity index (χ0v) is 12.4. The van der Waals surface area contributed by atoms with E-state index in [0.29, 0.717) is 13.0 Å². The summed E-state index contributed by atoms with van der Waals surface area (Å²) in [6.45, 7) is 0.392. The molecule has 0 aromatic heterocycles. The van der Waals surface area contributed by atoms with Gasteiger partial charge in [0, 0.05) is 18.7 Å². The molecule has 0 spiro atoms. The van der Waals surface area contributed by atoms with Crippen LogP contribution >= 0.6 is 0 Å². The number of nitrogens with zero attached hydrogens (tertiary/aromatic N) is 2. The van der Waals surface area contributed by atoms with Crippen molar-refractivity contribution in [2.75, 3.05) is 6.54 Å². The van der Waals surface area contributed by atoms with Crippen LogP contribution in [0.1, 0.15) is 5.56 Å². The number of nitro benzene ring substituents is 1. The summed E-state index contributed by atoms with van der Waals surface area (Å²) in [5.74, 6) is 0. The molecule has 0 aliphatic carbocycles. The average Bonchev–Trinajstić information content (AvgIpc) is 3.28. The Bertz CT molecular complexity index is 805. The van der Waals surface area contributed by atoms with Crippen molar-refractivity contribution < 1.29 is 13.3 Å². The smallest absolute Gasteiger partial charge is 0.258 e. The van der Waals surface area contributed by atoms with E-state index >= 15 is 0 Å². The lowest BCUT2D eigenvalue weighted by Crippen LogP contribution is -2.17. The predicted octanol–water partition coefficient (Wildman–Crippen LogP) is 2.21. The highest BCUT2D eigenvalue weighted by Gasteiger charge is 2.46. The molecule has 7 heteroatoms. The molecule has 2 atom stereocenters. The lowest BCUT2D eigenvalue weighted by molar-refractivity contribution is -0.387. The first-order valence-electron chi connectivity index (χ1n) is 6.79. The Morgan fingerprint density at radius 3 is 2.41 bits per heavy atom. The van der Waals surface area contributed by atoms with E-state index in [1.807, 2.05) is 30.3 Å². The number of rotatable bonds is 5. The van der Waals surface area contributed by atoms with Gasteiger partial charge in [-0.25, -0.2) is 8.42 Å². The Morgan fingerprint density at radius 1 is 1.09 bits per heavy atom. The van der Waals surface area contributed by atoms with E-state index in [2.05, 4.69) is 0 Å². The van der Waals surface area contributed by atoms with Crippen LogP contribution in [0, 0.1) is 10.1 Å². The highest BCUT2D eigenvalue weighted by molar-refractivity contribution is 7.89. The minimum absolute atomic E-state index is 0.132. The van der Waals surface area contributed by atoms with E-state index in [-0.39, 0.29) is 16.6 Å². The van der Waals surface area contributed by atoms with Gasteiger partial charge >= 0.3 is 0 Å². The van der Waals surface area contributed by atoms with Crippen molar-refractivity contribution >= 4 is 15.7 Å². The predicted molar refractivity (Wildman–Crippen MR) is 80.9 cm³/mol. The molecule has 0 saturated carbocycles. The van der Waals surface area contributed by atoms with Crippen molar-refractivity contribution in [1.29, 1.82) is 0 Å². The molecule has 0 N–H and O–H groups in total. The maximum Gasteiger partial charge on any atom is 0.289 e. The summed E-state index contributed by atoms with van der Waals surface area (Å²) < 4.78 is 26.4. The highest BCUT2D eigenvalue weighted by atomic mass is 32.2. The molecule has 2 unspecified atom stereocenters. The molecule has 1 aliphatic rings. The quantitative estimate of drug-likeness (QED) is 0.481. The van der Waals surface area contributed by atoms with Gasteiger partial charge in [-0.1, -0.05) is 42.5 Å². The summed E-state index contributed by atoms with van der Waals surface area (Å²) in [4.78, 5) is 10.1. The van der Waals surface area contributed by atoms with Crippen molar-refractivity contribution in [3.8, 4) is 0 Å². The number of sulfonamides is 1. The number of nitro groups is 1. The molecule has 6 nitrogen and oxygen atoms in total. The minimum Gasteiger partial charge on any atom is -0.258 e. The van der Waals surface area contributed by atoms with Crippen molar-refractivity contribution in [3.05, 3.63) is 70.3 Å². The maximum atomic E-state index is 12.5. The number of hydrogen-bond acceptors (Lipinski definition) is 4. The van der Waals surface area contributed by atoms with Gasteiger partial charge in [0.25, 0.3) is 5.69 Å². The van der Waals surface area contributed by atoms with Gasteiger partial charge in [0.15, 0.2) is 4.90 Å². The molecule has 2 aromatic carbocycles. The zero-order valence-electron chi connectivity index (χ0n) is 11.6. The summed E-state index contributed by atoms with van der Waals surface area (Å²) >= 11 is 0. The van der Waals surface area contributed by atoms with Crippen molar-refractivity contribution in [3.63, 3.8) is 0 Å². The van der Waals surface area contributed by atoms with Crippen LogP contribution in [0.25, 0.3) is 0 Å². The molecule has 114 valence electrons. The van der Waals surface area contributed by atoms with Crippen LogP contribution in [-0.4, -0.2) is 30.2 Å². The van der Waals surface area contributed by atoms with Crippen LogP contribution in [-0.2, 0) is 16.4 Å². The fourth-order valence-corrected chi connectivity index (χ4v) is 4.21. The number of hydrogen-bond donors (Lipinski definition) is 0. The summed E-state index contributed by atoms with van der Waals surface area (Å²) in [5, 5.41) is 11.0. The third kappa shape index (κ3) is 2.72. The fraction of sp³-hybridized carbons (Fsp3) is 0.200. The second kappa shape index (κ2) is 5.51. The Labute approximate surface area is 128 Å². The Morgan fingerprint density at radius 2 is 1.73 bits per heavy atom. The summed E-state index contributed by atoms with van der Waals surface area (Å²) in [6.07, 6.45) is 0.612. The molecular formula is C15H14N2O4S. The Balaban J connectivity index is 1.83. The second-order valence-electron chi connectivity index (χ2n) is 5.14. The minimum atomic E-state index is -3.82. The highest BCUT2D eigenvalue weighted by Crippen LogP contribution is 2.34. The molecule has 0 radical (unpaired) electrons. The topological polar surface area (TPSA) is 80.3 Å². The van der Waals surface area contributed by atoms with E-state index in [4.69, 9.17) is 0 Å². The number of benzene rings is 2. The molecular weight excluding hydrogens is 304 g/mol. The van der Waals surface area contributed by atoms with Gasteiger partial charge in [-0.05, 0) is 18.1 Å². The summed E-state index contributed by atoms with van der Waals surface area (Å²) in [7, 11) is -3.82. The molecule has 1 saturated heterocycles. The summed E-state index contributed by atoms with van der Waals surface area (Å²) in [5.41, 5.74) is 0.667. The molecule has 22 heavy (non-hydrogen) atoms. The largest absolute Gasteiger partial charge is 0.289 e. The third-order valence-corrected chi connectivity index (χ3v) is 5.59. The number of para-hydroxylation sites is 1. The molecule has 2 aromatic rings. The van der Waals surface area contributed by atoms with Crippen LogP contribution in [0.4, 0.5) is 5.69 Å². The van der Waals surface area contributed by atoms with E-state index in [0.717, 1.165) is 5.56 Å². The van der Waals surface area contributed by atoms with Crippen LogP contribution < -0.4 is 0 Å². The lowest BCUT2D eigenvalue weighted by Gasteiger charge is -2.07. The lowest BCUT2D eigenvalue weighted by atomic mass is 10.1. The molecule has 1 aliphatic heterocycles. The van der Waals surface area contributed by atoms with Gasteiger partial charge in [-0.15, -0.1) is 0 Å². The first-order chi connectivity index (χ1) is 10.5. The molecule has 0 bridgehead atoms. The van der Waals surface area contributed by atoms with E-state index in [9.17, 15) is 18.5 Å². The third-order valence-electron chi connectivity index (χ3n) is 3.63. The average molecular weight is 318 g/mol. The first kappa shape index (κ1) is 14.7. The SMILES string of the molecule is O=[N+]([O-])c1ccccc1S(=O)(=O)N1CC1Cc1ccccc1. The standard InChI is InChI=1S/C15H14N2O4S/c18-17(19)14-8-4-5-9-15(14)22(20,21)16-11-13(16)10-12-6-2-1-3-7-12/h1-9,13H,10-11H2. The van der Waals surface area contributed by atoms with Gasteiger partial charge in [-0.3, -0.25) is 10.1 Å². The van der Waals surface area contributed by atoms with E-state index in [1.165, 1.54) is 28.6 Å². The van der Waals surface area contributed by atoms with E-state index in [1.54, 1.807) is 0 Å². The molecule has 0 amide bonds. The molecule has 1 heterocycles. The van der Waals surface area contributed by atoms with Gasteiger partial charge in [0.05, 0.1) is 4.92 Å². The maximum absolute atomic E-state index is 12.5. The fourth-order valence-electron chi connectivity index (χ4n) is 2.46. The zero-order chi connectivity index (χ0) is 15.7. The van der Waals surface area contributed by atoms with Gasteiger partial charge in [0.2, 0.25) is 10.0 Å². The normalized spacial score (nSPS) is 20.5. The second-order valence-corrected chi connectivity index (χ2v) is 7.00. The summed E-state index contributed by atoms with van der Waals surface area (Å²) in [6, 6.07) is 14.9. The van der Waals surface area contributed by atoms with Crippen molar-refractivity contribution in [2.45, 2.75) is 17.4 Å². The Kier molecular flexibility index (Phi) is 3.67. The van der Waals surface area contributed by atoms with Gasteiger partial charge < -0.3 is 0 Å². The van der Waals surface area contributed by atoms with Crippen molar-refractivity contribution in [1.82, 2.24) is 4.31 Å². The molecule has 3 rings (SSSR count). The van der Waals surface area contributed by atoms with Crippen molar-refractivity contribution in [2.24, 2.45) is 0 Å². The Hall–Kier alpha value is -2.25. The van der Waals surface area contributed by atoms with Gasteiger partial charge in [0.1, 0.15) is 0 Å². The van der Waals surface area contributed by atoms with E-state index < -0.39 is 14.9 Å². The van der Waals surface area contributed by atoms with Crippen LogP contribution in [0.5, 0.6) is 0 Å². The monoisotopic (exact) mass is 318 g/mol. The first-order valence-corrected chi connectivity index (χ1v) is 8.23.